The zero-order valence-corrected chi connectivity index (χ0v) is 25.1. The Hall–Kier alpha value is -4.59. The van der Waals surface area contributed by atoms with E-state index in [2.05, 4.69) is 68.5 Å². The minimum absolute atomic E-state index is 0.117. The minimum atomic E-state index is -3.13. The van der Waals surface area contributed by atoms with Crippen molar-refractivity contribution in [2.45, 2.75) is 32.1 Å². The highest BCUT2D eigenvalue weighted by atomic mass is 31.2. The van der Waals surface area contributed by atoms with Crippen LogP contribution in [-0.2, 0) is 9.98 Å². The quantitative estimate of drug-likeness (QED) is 0.195. The van der Waals surface area contributed by atoms with Gasteiger partial charge >= 0.3 is 0 Å². The molecule has 1 atom stereocenters. The van der Waals surface area contributed by atoms with E-state index in [0.717, 1.165) is 45.6 Å². The molecule has 43 heavy (non-hydrogen) atoms. The molecule has 0 fully saturated rings. The monoisotopic (exact) mass is 578 g/mol. The third-order valence-corrected chi connectivity index (χ3v) is 12.2. The summed E-state index contributed by atoms with van der Waals surface area (Å²) in [6, 6.07) is 36.8. The third kappa shape index (κ3) is 3.99. The van der Waals surface area contributed by atoms with Gasteiger partial charge in [-0.1, -0.05) is 117 Å². The summed E-state index contributed by atoms with van der Waals surface area (Å²) in [5.41, 5.74) is 6.73. The van der Waals surface area contributed by atoms with E-state index < -0.39 is 7.14 Å². The molecule has 0 aromatic heterocycles. The van der Waals surface area contributed by atoms with Crippen LogP contribution in [0.25, 0.3) is 22.3 Å². The molecule has 1 unspecified atom stereocenters. The van der Waals surface area contributed by atoms with Gasteiger partial charge in [0.15, 0.2) is 30.1 Å². The Labute approximate surface area is 252 Å². The van der Waals surface area contributed by atoms with Crippen molar-refractivity contribution in [1.82, 2.24) is 0 Å². The second-order valence-electron chi connectivity index (χ2n) is 12.0. The Balaban J connectivity index is 1.23. The van der Waals surface area contributed by atoms with Crippen LogP contribution in [-0.4, -0.2) is 0 Å². The summed E-state index contributed by atoms with van der Waals surface area (Å²) in [5.74, 6) is 2.75. The highest BCUT2D eigenvalue weighted by Crippen LogP contribution is 2.57. The van der Waals surface area contributed by atoms with E-state index in [4.69, 9.17) is 9.47 Å². The average molecular weight is 579 g/mol. The van der Waals surface area contributed by atoms with Crippen molar-refractivity contribution >= 4 is 17.8 Å². The van der Waals surface area contributed by atoms with Gasteiger partial charge in [0.2, 0.25) is 0 Å². The molecule has 0 amide bonds. The van der Waals surface area contributed by atoms with Crippen molar-refractivity contribution in [3.63, 3.8) is 0 Å². The van der Waals surface area contributed by atoms with Crippen molar-refractivity contribution in [1.29, 1.82) is 0 Å². The summed E-state index contributed by atoms with van der Waals surface area (Å²) in [7, 11) is -3.13. The van der Waals surface area contributed by atoms with Gasteiger partial charge in [0.05, 0.1) is 0 Å². The minimum Gasteiger partial charge on any atom is -0.450 e. The lowest BCUT2D eigenvalue weighted by atomic mass is 9.82. The molecule has 210 valence electrons. The molecule has 8 rings (SSSR count). The molecule has 1 heterocycles. The Morgan fingerprint density at radius 2 is 1.33 bits per heavy atom. The Morgan fingerprint density at radius 3 is 2.14 bits per heavy atom. The first-order chi connectivity index (χ1) is 20.9. The van der Waals surface area contributed by atoms with Gasteiger partial charge in [-0.2, -0.15) is 0 Å². The summed E-state index contributed by atoms with van der Waals surface area (Å²) in [6.07, 6.45) is 8.18. The van der Waals surface area contributed by atoms with Crippen LogP contribution in [0.2, 0.25) is 0 Å². The third-order valence-electron chi connectivity index (χ3n) is 9.04. The molecule has 4 heteroatoms. The molecule has 0 spiro atoms. The molecule has 0 N–H and O–H groups in total. The summed E-state index contributed by atoms with van der Waals surface area (Å²) >= 11 is 0. The van der Waals surface area contributed by atoms with Gasteiger partial charge in [-0.05, 0) is 70.5 Å². The number of fused-ring (bicyclic) bond motifs is 5. The SMILES string of the molecule is CC1(C)c2ccccc2-c2cc3c(cc21)Oc1ccc(-c2ccccc2P(=O)(C2=CCCC=C2)c2ccccc2)cc1O3. The number of rotatable bonds is 4. The Bertz CT molecular complexity index is 2030. The van der Waals surface area contributed by atoms with E-state index in [1.165, 1.54) is 22.3 Å². The van der Waals surface area contributed by atoms with Gasteiger partial charge in [0, 0.05) is 21.3 Å². The van der Waals surface area contributed by atoms with Crippen LogP contribution >= 0.6 is 7.14 Å². The molecular formula is C39H31O3P. The smallest absolute Gasteiger partial charge is 0.171 e. The molecule has 0 saturated carbocycles. The maximum Gasteiger partial charge on any atom is 0.171 e. The van der Waals surface area contributed by atoms with Gasteiger partial charge in [-0.15, -0.1) is 0 Å². The first kappa shape index (κ1) is 26.1. The number of hydrogen-bond donors (Lipinski definition) is 0. The van der Waals surface area contributed by atoms with Crippen LogP contribution in [0.4, 0.5) is 0 Å². The van der Waals surface area contributed by atoms with E-state index in [1.807, 2.05) is 72.8 Å². The molecule has 3 aliphatic rings. The van der Waals surface area contributed by atoms with Gasteiger partial charge in [0.25, 0.3) is 0 Å². The van der Waals surface area contributed by atoms with Crippen LogP contribution < -0.4 is 20.1 Å². The van der Waals surface area contributed by atoms with Gasteiger partial charge in [-0.25, -0.2) is 0 Å². The molecule has 0 radical (unpaired) electrons. The largest absolute Gasteiger partial charge is 0.450 e. The summed E-state index contributed by atoms with van der Waals surface area (Å²) < 4.78 is 28.3. The highest BCUT2D eigenvalue weighted by molar-refractivity contribution is 7.82. The summed E-state index contributed by atoms with van der Waals surface area (Å²) in [5, 5.41) is 2.55. The average Bonchev–Trinajstić information content (AvgIpc) is 3.28. The molecule has 0 saturated heterocycles. The summed E-state index contributed by atoms with van der Waals surface area (Å²) in [6.45, 7) is 4.53. The van der Waals surface area contributed by atoms with Crippen LogP contribution in [0.3, 0.4) is 0 Å². The van der Waals surface area contributed by atoms with E-state index in [-0.39, 0.29) is 5.41 Å². The standard InChI is InChI=1S/C39H31O3P/c1-39(2)32-19-11-9-18-30(32)31-24-36-37(25-33(31)39)41-34-22-21-26(23-35(34)42-36)29-17-10-12-20-38(29)43(40,27-13-5-3-6-14-27)28-15-7-4-8-16-28/h3,5-7,9-25H,4,8H2,1-2H3. The van der Waals surface area contributed by atoms with Crippen molar-refractivity contribution in [2.75, 3.05) is 0 Å². The maximum absolute atomic E-state index is 15.3. The molecule has 0 bridgehead atoms. The number of ether oxygens (including phenoxy) is 2. The maximum atomic E-state index is 15.3. The summed E-state index contributed by atoms with van der Waals surface area (Å²) in [4.78, 5) is 0. The molecule has 1 aliphatic heterocycles. The fourth-order valence-corrected chi connectivity index (χ4v) is 9.82. The van der Waals surface area contributed by atoms with Crippen molar-refractivity contribution in [3.8, 4) is 45.3 Å². The second kappa shape index (κ2) is 9.73. The normalized spacial score (nSPS) is 16.8. The van der Waals surface area contributed by atoms with Crippen LogP contribution in [0.1, 0.15) is 37.8 Å². The highest BCUT2D eigenvalue weighted by Gasteiger charge is 2.38. The zero-order valence-electron chi connectivity index (χ0n) is 24.2. The predicted octanol–water partition coefficient (Wildman–Crippen LogP) is 10.1. The number of benzene rings is 5. The molecule has 5 aromatic carbocycles. The zero-order chi connectivity index (χ0) is 29.2. The molecule has 3 nitrogen and oxygen atoms in total. The van der Waals surface area contributed by atoms with Crippen molar-refractivity contribution < 1.29 is 14.0 Å². The fraction of sp³-hybridized carbons (Fsp3) is 0.128. The van der Waals surface area contributed by atoms with Crippen molar-refractivity contribution in [2.24, 2.45) is 0 Å². The van der Waals surface area contributed by atoms with E-state index in [9.17, 15) is 0 Å². The molecule has 2 aliphatic carbocycles. The molecule has 5 aromatic rings. The molecular weight excluding hydrogens is 547 g/mol. The fourth-order valence-electron chi connectivity index (χ4n) is 6.83. The lowest BCUT2D eigenvalue weighted by Crippen LogP contribution is -2.19. The predicted molar refractivity (Wildman–Crippen MR) is 176 cm³/mol. The van der Waals surface area contributed by atoms with E-state index >= 15 is 4.57 Å². The van der Waals surface area contributed by atoms with E-state index in [1.54, 1.807) is 0 Å². The topological polar surface area (TPSA) is 35.5 Å². The Kier molecular flexibility index (Phi) is 5.90. The lowest BCUT2D eigenvalue weighted by molar-refractivity contribution is 0.359. The Morgan fingerprint density at radius 1 is 0.628 bits per heavy atom. The van der Waals surface area contributed by atoms with Gasteiger partial charge < -0.3 is 14.0 Å². The first-order valence-electron chi connectivity index (χ1n) is 14.9. The first-order valence-corrected chi connectivity index (χ1v) is 16.6. The van der Waals surface area contributed by atoms with Crippen LogP contribution in [0.15, 0.2) is 133 Å². The van der Waals surface area contributed by atoms with Gasteiger partial charge in [-0.3, -0.25) is 0 Å². The number of hydrogen-bond acceptors (Lipinski definition) is 3. The number of allylic oxidation sites excluding steroid dienone is 4. The van der Waals surface area contributed by atoms with E-state index in [0.29, 0.717) is 17.2 Å². The van der Waals surface area contributed by atoms with Crippen LogP contribution in [0.5, 0.6) is 23.0 Å². The van der Waals surface area contributed by atoms with Gasteiger partial charge in [0.1, 0.15) is 0 Å². The lowest BCUT2D eigenvalue weighted by Gasteiger charge is -2.26. The van der Waals surface area contributed by atoms with Crippen molar-refractivity contribution in [3.05, 3.63) is 144 Å². The second-order valence-corrected chi connectivity index (χ2v) is 14.7. The van der Waals surface area contributed by atoms with Crippen LogP contribution in [0, 0.1) is 0 Å².